The SMILES string of the molecule is N.[Ag+].[Ag+].[O-2]. The summed E-state index contributed by atoms with van der Waals surface area (Å²) >= 11 is 0. The summed E-state index contributed by atoms with van der Waals surface area (Å²) in [6.45, 7) is 0. The third-order valence-corrected chi connectivity index (χ3v) is 0. The van der Waals surface area contributed by atoms with Crippen molar-refractivity contribution < 1.29 is 50.2 Å². The maximum atomic E-state index is 0. The molecule has 0 aromatic carbocycles. The predicted molar refractivity (Wildman–Crippen MR) is 5.71 cm³/mol. The van der Waals surface area contributed by atoms with Crippen molar-refractivity contribution in [2.24, 2.45) is 0 Å². The first-order valence-corrected chi connectivity index (χ1v) is 0. The van der Waals surface area contributed by atoms with Gasteiger partial charge in [-0.15, -0.1) is 0 Å². The standard InChI is InChI=1S/2Ag.H3N.O/h;;1H3;/q2*+1;;-2. The fourth-order valence-electron chi connectivity index (χ4n) is 0. The van der Waals surface area contributed by atoms with Gasteiger partial charge in [-0.05, 0) is 0 Å². The quantitative estimate of drug-likeness (QED) is 0.605. The summed E-state index contributed by atoms with van der Waals surface area (Å²) in [5.74, 6) is 0. The molecule has 0 aliphatic rings. The van der Waals surface area contributed by atoms with Crippen molar-refractivity contribution in [1.82, 2.24) is 6.15 Å². The van der Waals surface area contributed by atoms with E-state index in [2.05, 4.69) is 0 Å². The molecule has 0 rings (SSSR count). The molecular formula is H3Ag2NO. The summed E-state index contributed by atoms with van der Waals surface area (Å²) in [6.07, 6.45) is 0. The van der Waals surface area contributed by atoms with E-state index in [9.17, 15) is 0 Å². The average Bonchev–Trinajstić information content (AvgIpc) is 0. The van der Waals surface area contributed by atoms with Crippen molar-refractivity contribution in [2.75, 3.05) is 0 Å². The first-order chi connectivity index (χ1) is 0. The minimum Gasteiger partial charge on any atom is -2.00 e. The largest absolute Gasteiger partial charge is 2.00 e. The summed E-state index contributed by atoms with van der Waals surface area (Å²) in [5, 5.41) is 0. The van der Waals surface area contributed by atoms with Gasteiger partial charge >= 0.3 is 44.8 Å². The van der Waals surface area contributed by atoms with E-state index in [0.717, 1.165) is 0 Å². The second-order valence-corrected chi connectivity index (χ2v) is 0. The van der Waals surface area contributed by atoms with Crippen molar-refractivity contribution in [2.45, 2.75) is 0 Å². The molecule has 0 radical (unpaired) electrons. The number of hydrogen-bond donors (Lipinski definition) is 1. The van der Waals surface area contributed by atoms with Crippen LogP contribution < -0.4 is 6.15 Å². The molecule has 0 saturated heterocycles. The topological polar surface area (TPSA) is 63.5 Å². The Morgan fingerprint density at radius 1 is 0.750 bits per heavy atom. The molecule has 0 saturated carbocycles. The van der Waals surface area contributed by atoms with E-state index in [0.29, 0.717) is 0 Å². The Hall–Kier alpha value is 1.40. The Labute approximate surface area is 56.3 Å². The molecule has 0 aromatic heterocycles. The van der Waals surface area contributed by atoms with Gasteiger partial charge in [0.1, 0.15) is 0 Å². The van der Waals surface area contributed by atoms with Crippen molar-refractivity contribution in [3.05, 3.63) is 0 Å². The van der Waals surface area contributed by atoms with Crippen LogP contribution in [0.4, 0.5) is 0 Å². The van der Waals surface area contributed by atoms with Crippen LogP contribution in [-0.4, -0.2) is 0 Å². The van der Waals surface area contributed by atoms with Crippen molar-refractivity contribution in [3.8, 4) is 0 Å². The van der Waals surface area contributed by atoms with Crippen molar-refractivity contribution >= 4 is 0 Å². The molecule has 0 spiro atoms. The maximum Gasteiger partial charge on any atom is 1.00 e. The molecule has 0 amide bonds. The fraction of sp³-hybridized carbons (Fsp3) is 0. The molecule has 0 aromatic rings. The van der Waals surface area contributed by atoms with E-state index in [1.165, 1.54) is 0 Å². The van der Waals surface area contributed by atoms with Crippen LogP contribution in [0.2, 0.25) is 0 Å². The number of hydrogen-bond acceptors (Lipinski definition) is 1. The Morgan fingerprint density at radius 2 is 0.750 bits per heavy atom. The van der Waals surface area contributed by atoms with Crippen LogP contribution in [0.1, 0.15) is 0 Å². The summed E-state index contributed by atoms with van der Waals surface area (Å²) in [6, 6.07) is 0. The van der Waals surface area contributed by atoms with Gasteiger partial charge in [0.25, 0.3) is 0 Å². The molecule has 0 aliphatic heterocycles. The van der Waals surface area contributed by atoms with Gasteiger partial charge in [-0.1, -0.05) is 0 Å². The van der Waals surface area contributed by atoms with Crippen LogP contribution in [0.25, 0.3) is 0 Å². The van der Waals surface area contributed by atoms with E-state index in [-0.39, 0.29) is 56.4 Å². The van der Waals surface area contributed by atoms with E-state index in [1.54, 1.807) is 0 Å². The van der Waals surface area contributed by atoms with Crippen LogP contribution in [0.3, 0.4) is 0 Å². The summed E-state index contributed by atoms with van der Waals surface area (Å²) in [7, 11) is 0. The average molecular weight is 249 g/mol. The van der Waals surface area contributed by atoms with E-state index in [4.69, 9.17) is 0 Å². The third kappa shape index (κ3) is 9.99. The minimum absolute atomic E-state index is 0. The molecule has 36 valence electrons. The summed E-state index contributed by atoms with van der Waals surface area (Å²) in [5.41, 5.74) is 0. The van der Waals surface area contributed by atoms with Gasteiger partial charge in [-0.3, -0.25) is 0 Å². The third-order valence-electron chi connectivity index (χ3n) is 0. The second-order valence-electron chi connectivity index (χ2n) is 0. The number of rotatable bonds is 0. The molecule has 0 unspecified atom stereocenters. The molecule has 0 fully saturated rings. The first-order valence-electron chi connectivity index (χ1n) is 0. The zero-order chi connectivity index (χ0) is 0. The van der Waals surface area contributed by atoms with Crippen LogP contribution in [0.5, 0.6) is 0 Å². The molecule has 4 heavy (non-hydrogen) atoms. The van der Waals surface area contributed by atoms with E-state index < -0.39 is 0 Å². The van der Waals surface area contributed by atoms with Gasteiger partial charge < -0.3 is 11.6 Å². The summed E-state index contributed by atoms with van der Waals surface area (Å²) in [4.78, 5) is 0. The second kappa shape index (κ2) is 25.9. The molecular weight excluding hydrogens is 246 g/mol. The van der Waals surface area contributed by atoms with Gasteiger partial charge in [0.2, 0.25) is 0 Å². The molecule has 0 bridgehead atoms. The van der Waals surface area contributed by atoms with Gasteiger partial charge in [-0.25, -0.2) is 0 Å². The van der Waals surface area contributed by atoms with Crippen molar-refractivity contribution in [1.29, 1.82) is 0 Å². The fourth-order valence-corrected chi connectivity index (χ4v) is 0. The van der Waals surface area contributed by atoms with E-state index in [1.807, 2.05) is 0 Å². The van der Waals surface area contributed by atoms with E-state index >= 15 is 0 Å². The van der Waals surface area contributed by atoms with Crippen LogP contribution in [-0.2, 0) is 50.2 Å². The van der Waals surface area contributed by atoms with Crippen LogP contribution in [0.15, 0.2) is 0 Å². The molecule has 0 aliphatic carbocycles. The van der Waals surface area contributed by atoms with Gasteiger partial charge in [-0.2, -0.15) is 0 Å². The Kier molecular flexibility index (Phi) is 346. The Bertz CT molecular complexity index is 6.00. The predicted octanol–water partition coefficient (Wildman–Crippen LogP) is 0.0382. The minimum atomic E-state index is 0. The van der Waals surface area contributed by atoms with Crippen LogP contribution >= 0.6 is 0 Å². The normalized spacial score (nSPS) is 0. The van der Waals surface area contributed by atoms with Crippen LogP contribution in [0, 0.1) is 0 Å². The zero-order valence-electron chi connectivity index (χ0n) is 1.72. The smallest absolute Gasteiger partial charge is 1.00 e. The maximum absolute atomic E-state index is 0. The molecule has 4 heteroatoms. The van der Waals surface area contributed by atoms with Gasteiger partial charge in [0.05, 0.1) is 0 Å². The zero-order valence-corrected chi connectivity index (χ0v) is 4.68. The monoisotopic (exact) mass is 247 g/mol. The molecule has 3 N–H and O–H groups in total. The van der Waals surface area contributed by atoms with Gasteiger partial charge in [0.15, 0.2) is 0 Å². The molecule has 0 atom stereocenters. The molecule has 2 nitrogen and oxygen atoms in total. The van der Waals surface area contributed by atoms with Gasteiger partial charge in [0, 0.05) is 0 Å². The first kappa shape index (κ1) is 53.3. The summed E-state index contributed by atoms with van der Waals surface area (Å²) < 4.78 is 0. The van der Waals surface area contributed by atoms with Crippen molar-refractivity contribution in [3.63, 3.8) is 0 Å². The Balaban J connectivity index is 0. The molecule has 0 heterocycles. The Morgan fingerprint density at radius 3 is 0.750 bits per heavy atom.